The fourth-order valence-electron chi connectivity index (χ4n) is 3.40. The van der Waals surface area contributed by atoms with Crippen molar-refractivity contribution >= 4 is 15.7 Å². The molecule has 2 heterocycles. The molecule has 0 aromatic heterocycles. The molecule has 1 fully saturated rings. The van der Waals surface area contributed by atoms with E-state index < -0.39 is 10.0 Å². The summed E-state index contributed by atoms with van der Waals surface area (Å²) in [6.45, 7) is 5.07. The first-order valence-electron chi connectivity index (χ1n) is 8.07. The zero-order valence-electron chi connectivity index (χ0n) is 14.1. The van der Waals surface area contributed by atoms with Crippen molar-refractivity contribution in [2.45, 2.75) is 24.3 Å². The quantitative estimate of drug-likeness (QED) is 0.786. The Hall–Kier alpha value is -1.37. The van der Waals surface area contributed by atoms with Crippen molar-refractivity contribution in [1.82, 2.24) is 9.21 Å². The first-order valence-corrected chi connectivity index (χ1v) is 9.51. The van der Waals surface area contributed by atoms with Crippen LogP contribution >= 0.6 is 0 Å². The van der Waals surface area contributed by atoms with Crippen LogP contribution in [0, 0.1) is 6.92 Å². The van der Waals surface area contributed by atoms with E-state index >= 15 is 0 Å². The van der Waals surface area contributed by atoms with Gasteiger partial charge < -0.3 is 4.90 Å². The predicted octanol–water partition coefficient (Wildman–Crippen LogP) is 1.70. The molecule has 1 saturated heterocycles. The van der Waals surface area contributed by atoms with Gasteiger partial charge in [-0.25, -0.2) is 8.42 Å². The second-order valence-corrected chi connectivity index (χ2v) is 8.51. The van der Waals surface area contributed by atoms with Gasteiger partial charge in [-0.1, -0.05) is 18.2 Å². The Morgan fingerprint density at radius 1 is 1.17 bits per heavy atom. The third-order valence-corrected chi connectivity index (χ3v) is 6.65. The van der Waals surface area contributed by atoms with Crippen LogP contribution in [0.5, 0.6) is 0 Å². The highest BCUT2D eigenvalue weighted by atomic mass is 32.2. The standard InChI is InChI=1S/C17H25N3O2S/c1-14-6-7-16(12-17(14)18(2)3)23(21,22)20-11-8-15(13-20)19-9-4-5-10-19/h4-7,12,15H,8-11,13H2,1-3H3/t15-/m0/s1. The number of rotatable bonds is 4. The van der Waals surface area contributed by atoms with Crippen LogP contribution in [0.15, 0.2) is 35.2 Å². The van der Waals surface area contributed by atoms with Gasteiger partial charge in [0.2, 0.25) is 10.0 Å². The Balaban J connectivity index is 1.80. The zero-order chi connectivity index (χ0) is 16.6. The maximum atomic E-state index is 13.0. The molecule has 0 N–H and O–H groups in total. The van der Waals surface area contributed by atoms with Crippen LogP contribution in [0.1, 0.15) is 12.0 Å². The predicted molar refractivity (Wildman–Crippen MR) is 93.4 cm³/mol. The topological polar surface area (TPSA) is 43.9 Å². The molecule has 0 amide bonds. The van der Waals surface area contributed by atoms with Crippen LogP contribution < -0.4 is 4.90 Å². The van der Waals surface area contributed by atoms with Crippen LogP contribution in [0.2, 0.25) is 0 Å². The minimum absolute atomic E-state index is 0.332. The minimum atomic E-state index is -3.41. The molecular weight excluding hydrogens is 310 g/mol. The lowest BCUT2D eigenvalue weighted by Gasteiger charge is -2.24. The number of benzene rings is 1. The summed E-state index contributed by atoms with van der Waals surface area (Å²) in [7, 11) is 0.457. The van der Waals surface area contributed by atoms with Crippen LogP contribution in [0.3, 0.4) is 0 Å². The summed E-state index contributed by atoms with van der Waals surface area (Å²) in [5.41, 5.74) is 2.03. The van der Waals surface area contributed by atoms with Gasteiger partial charge in [0.1, 0.15) is 0 Å². The van der Waals surface area contributed by atoms with E-state index in [0.717, 1.165) is 30.8 Å². The molecule has 1 atom stereocenters. The van der Waals surface area contributed by atoms with Gasteiger partial charge >= 0.3 is 0 Å². The number of nitrogens with zero attached hydrogens (tertiary/aromatic N) is 3. The first-order chi connectivity index (χ1) is 10.9. The van der Waals surface area contributed by atoms with Crippen molar-refractivity contribution in [3.8, 4) is 0 Å². The van der Waals surface area contributed by atoms with Gasteiger partial charge in [-0.3, -0.25) is 4.90 Å². The van der Waals surface area contributed by atoms with Gasteiger partial charge in [0, 0.05) is 52.0 Å². The Bertz CT molecular complexity index is 705. The maximum Gasteiger partial charge on any atom is 0.243 e. The fourth-order valence-corrected chi connectivity index (χ4v) is 4.91. The lowest BCUT2D eigenvalue weighted by atomic mass is 10.2. The molecule has 0 unspecified atom stereocenters. The molecule has 23 heavy (non-hydrogen) atoms. The molecule has 0 saturated carbocycles. The second kappa shape index (κ2) is 6.26. The maximum absolute atomic E-state index is 13.0. The van der Waals surface area contributed by atoms with Crippen molar-refractivity contribution in [3.63, 3.8) is 0 Å². The number of hydrogen-bond acceptors (Lipinski definition) is 4. The Labute approximate surface area is 139 Å². The molecule has 0 aliphatic carbocycles. The van der Waals surface area contributed by atoms with Gasteiger partial charge in [-0.2, -0.15) is 4.31 Å². The van der Waals surface area contributed by atoms with Gasteiger partial charge in [0.25, 0.3) is 0 Å². The SMILES string of the molecule is Cc1ccc(S(=O)(=O)N2CC[C@H](N3CC=CC3)C2)cc1N(C)C. The largest absolute Gasteiger partial charge is 0.377 e. The van der Waals surface area contributed by atoms with Crippen molar-refractivity contribution in [3.05, 3.63) is 35.9 Å². The highest BCUT2D eigenvalue weighted by molar-refractivity contribution is 7.89. The lowest BCUT2D eigenvalue weighted by Crippen LogP contribution is -2.37. The molecule has 1 aromatic rings. The van der Waals surface area contributed by atoms with E-state index in [4.69, 9.17) is 0 Å². The van der Waals surface area contributed by atoms with Crippen LogP contribution in [-0.4, -0.2) is 63.9 Å². The van der Waals surface area contributed by atoms with Crippen molar-refractivity contribution in [2.75, 3.05) is 45.2 Å². The monoisotopic (exact) mass is 335 g/mol. The summed E-state index contributed by atoms with van der Waals surface area (Å²) in [5, 5.41) is 0. The van der Waals surface area contributed by atoms with Gasteiger partial charge in [-0.05, 0) is 31.0 Å². The Morgan fingerprint density at radius 2 is 1.87 bits per heavy atom. The minimum Gasteiger partial charge on any atom is -0.377 e. The molecule has 5 nitrogen and oxygen atoms in total. The molecule has 0 bridgehead atoms. The lowest BCUT2D eigenvalue weighted by molar-refractivity contribution is 0.261. The molecule has 1 aromatic carbocycles. The van der Waals surface area contributed by atoms with Crippen LogP contribution in [0.25, 0.3) is 0 Å². The van der Waals surface area contributed by atoms with E-state index in [-0.39, 0.29) is 0 Å². The normalized spacial score (nSPS) is 22.8. The number of hydrogen-bond donors (Lipinski definition) is 0. The molecule has 2 aliphatic rings. The Morgan fingerprint density at radius 3 is 2.52 bits per heavy atom. The second-order valence-electron chi connectivity index (χ2n) is 6.57. The summed E-state index contributed by atoms with van der Waals surface area (Å²) in [6, 6.07) is 5.73. The van der Waals surface area contributed by atoms with E-state index in [1.54, 1.807) is 16.4 Å². The summed E-state index contributed by atoms with van der Waals surface area (Å²) in [4.78, 5) is 4.69. The summed E-state index contributed by atoms with van der Waals surface area (Å²) >= 11 is 0. The van der Waals surface area contributed by atoms with Crippen LogP contribution in [-0.2, 0) is 10.0 Å². The molecule has 2 aliphatic heterocycles. The molecule has 3 rings (SSSR count). The highest BCUT2D eigenvalue weighted by Gasteiger charge is 2.35. The number of aryl methyl sites for hydroxylation is 1. The molecular formula is C17H25N3O2S. The van der Waals surface area contributed by atoms with Gasteiger partial charge in [0.05, 0.1) is 4.90 Å². The van der Waals surface area contributed by atoms with Gasteiger partial charge in [-0.15, -0.1) is 0 Å². The first kappa shape index (κ1) is 16.5. The average Bonchev–Trinajstić information content (AvgIpc) is 3.18. The third-order valence-electron chi connectivity index (χ3n) is 4.79. The fraction of sp³-hybridized carbons (Fsp3) is 0.529. The third kappa shape index (κ3) is 3.16. The van der Waals surface area contributed by atoms with E-state index in [9.17, 15) is 8.42 Å². The Kier molecular flexibility index (Phi) is 4.49. The van der Waals surface area contributed by atoms with Crippen molar-refractivity contribution in [2.24, 2.45) is 0 Å². The van der Waals surface area contributed by atoms with Gasteiger partial charge in [0.15, 0.2) is 0 Å². The van der Waals surface area contributed by atoms with Crippen LogP contribution in [0.4, 0.5) is 5.69 Å². The molecule has 0 spiro atoms. The zero-order valence-corrected chi connectivity index (χ0v) is 14.9. The summed E-state index contributed by atoms with van der Waals surface area (Å²) in [5.74, 6) is 0. The van der Waals surface area contributed by atoms with E-state index in [1.165, 1.54) is 0 Å². The smallest absolute Gasteiger partial charge is 0.243 e. The average molecular weight is 335 g/mol. The van der Waals surface area contributed by atoms with Crippen molar-refractivity contribution < 1.29 is 8.42 Å². The summed E-state index contributed by atoms with van der Waals surface area (Å²) < 4.78 is 27.5. The van der Waals surface area contributed by atoms with E-state index in [0.29, 0.717) is 24.0 Å². The molecule has 6 heteroatoms. The van der Waals surface area contributed by atoms with E-state index in [1.807, 2.05) is 32.0 Å². The van der Waals surface area contributed by atoms with E-state index in [2.05, 4.69) is 17.1 Å². The van der Waals surface area contributed by atoms with Crippen molar-refractivity contribution in [1.29, 1.82) is 0 Å². The number of anilines is 1. The number of sulfonamides is 1. The summed E-state index contributed by atoms with van der Waals surface area (Å²) in [6.07, 6.45) is 5.22. The highest BCUT2D eigenvalue weighted by Crippen LogP contribution is 2.28. The molecule has 0 radical (unpaired) electrons. The molecule has 126 valence electrons.